The van der Waals surface area contributed by atoms with E-state index in [-0.39, 0.29) is 0 Å². The predicted molar refractivity (Wildman–Crippen MR) is 76.5 cm³/mol. The monoisotopic (exact) mass is 258 g/mol. The van der Waals surface area contributed by atoms with E-state index < -0.39 is 0 Å². The van der Waals surface area contributed by atoms with E-state index in [1.807, 2.05) is 38.1 Å². The molecule has 0 saturated carbocycles. The van der Waals surface area contributed by atoms with Crippen molar-refractivity contribution in [1.82, 2.24) is 0 Å². The SMILES string of the molecule is Cc1cc(Cl)c(-c2cc(C=O)ccc2C)cc1C. The molecular weight excluding hydrogens is 244 g/mol. The Morgan fingerprint density at radius 2 is 1.56 bits per heavy atom. The normalized spacial score (nSPS) is 10.4. The molecule has 18 heavy (non-hydrogen) atoms. The maximum Gasteiger partial charge on any atom is 0.150 e. The van der Waals surface area contributed by atoms with Crippen LogP contribution in [0, 0.1) is 20.8 Å². The van der Waals surface area contributed by atoms with Gasteiger partial charge in [0.1, 0.15) is 6.29 Å². The predicted octanol–water partition coefficient (Wildman–Crippen LogP) is 4.74. The number of aldehydes is 1. The number of halogens is 1. The minimum Gasteiger partial charge on any atom is -0.298 e. The molecule has 0 amide bonds. The lowest BCUT2D eigenvalue weighted by atomic mass is 9.95. The quantitative estimate of drug-likeness (QED) is 0.711. The number of carbonyl (C=O) groups excluding carboxylic acids is 1. The second-order valence-electron chi connectivity index (χ2n) is 4.61. The van der Waals surface area contributed by atoms with Crippen LogP contribution in [0.4, 0.5) is 0 Å². The fourth-order valence-corrected chi connectivity index (χ4v) is 2.31. The van der Waals surface area contributed by atoms with E-state index >= 15 is 0 Å². The van der Waals surface area contributed by atoms with Crippen molar-refractivity contribution in [2.24, 2.45) is 0 Å². The Bertz CT molecular complexity index is 615. The molecule has 0 unspecified atom stereocenters. The smallest absolute Gasteiger partial charge is 0.150 e. The fraction of sp³-hybridized carbons (Fsp3) is 0.188. The average molecular weight is 259 g/mol. The molecule has 92 valence electrons. The van der Waals surface area contributed by atoms with Crippen molar-refractivity contribution in [3.63, 3.8) is 0 Å². The Hall–Kier alpha value is -1.60. The molecule has 1 nitrogen and oxygen atoms in total. The summed E-state index contributed by atoms with van der Waals surface area (Å²) in [5.41, 5.74) is 6.17. The van der Waals surface area contributed by atoms with Gasteiger partial charge >= 0.3 is 0 Å². The number of carbonyl (C=O) groups is 1. The van der Waals surface area contributed by atoms with Gasteiger partial charge in [0.2, 0.25) is 0 Å². The molecule has 0 heterocycles. The van der Waals surface area contributed by atoms with Crippen molar-refractivity contribution in [3.05, 3.63) is 57.6 Å². The minimum absolute atomic E-state index is 0.671. The molecule has 0 radical (unpaired) electrons. The third-order valence-electron chi connectivity index (χ3n) is 3.27. The zero-order valence-corrected chi connectivity index (χ0v) is 11.5. The third-order valence-corrected chi connectivity index (χ3v) is 3.58. The maximum atomic E-state index is 10.9. The Morgan fingerprint density at radius 3 is 2.22 bits per heavy atom. The van der Waals surface area contributed by atoms with Crippen molar-refractivity contribution in [2.45, 2.75) is 20.8 Å². The first kappa shape index (κ1) is 12.8. The maximum absolute atomic E-state index is 10.9. The van der Waals surface area contributed by atoms with E-state index in [9.17, 15) is 4.79 Å². The molecule has 0 saturated heterocycles. The van der Waals surface area contributed by atoms with Gasteiger partial charge < -0.3 is 0 Å². The van der Waals surface area contributed by atoms with Gasteiger partial charge in [0.15, 0.2) is 0 Å². The van der Waals surface area contributed by atoms with Crippen LogP contribution >= 0.6 is 11.6 Å². The summed E-state index contributed by atoms with van der Waals surface area (Å²) in [4.78, 5) is 10.9. The summed E-state index contributed by atoms with van der Waals surface area (Å²) in [6.45, 7) is 6.13. The van der Waals surface area contributed by atoms with Crippen LogP contribution in [0.3, 0.4) is 0 Å². The van der Waals surface area contributed by atoms with E-state index in [1.165, 1.54) is 11.1 Å². The first-order valence-corrected chi connectivity index (χ1v) is 6.23. The molecule has 2 rings (SSSR count). The number of benzene rings is 2. The van der Waals surface area contributed by atoms with Crippen LogP contribution in [0.25, 0.3) is 11.1 Å². The molecule has 2 aromatic carbocycles. The molecule has 0 atom stereocenters. The van der Waals surface area contributed by atoms with E-state index in [0.29, 0.717) is 5.56 Å². The fourth-order valence-electron chi connectivity index (χ4n) is 1.99. The highest BCUT2D eigenvalue weighted by atomic mass is 35.5. The van der Waals surface area contributed by atoms with E-state index in [2.05, 4.69) is 13.0 Å². The molecular formula is C16H15ClO. The van der Waals surface area contributed by atoms with Gasteiger partial charge in [0.05, 0.1) is 0 Å². The highest BCUT2D eigenvalue weighted by Gasteiger charge is 2.09. The minimum atomic E-state index is 0.671. The summed E-state index contributed by atoms with van der Waals surface area (Å²) in [6, 6.07) is 9.71. The third kappa shape index (κ3) is 2.32. The molecule has 0 aliphatic rings. The second kappa shape index (κ2) is 4.95. The number of hydrogen-bond donors (Lipinski definition) is 0. The largest absolute Gasteiger partial charge is 0.298 e. The summed E-state index contributed by atoms with van der Waals surface area (Å²) in [6.07, 6.45) is 0.859. The van der Waals surface area contributed by atoms with Gasteiger partial charge in [0, 0.05) is 16.1 Å². The number of aryl methyl sites for hydroxylation is 3. The Balaban J connectivity index is 2.68. The Morgan fingerprint density at radius 1 is 0.889 bits per heavy atom. The summed E-state index contributed by atoms with van der Waals surface area (Å²) < 4.78 is 0. The van der Waals surface area contributed by atoms with Crippen LogP contribution in [0.2, 0.25) is 5.02 Å². The van der Waals surface area contributed by atoms with Gasteiger partial charge in [-0.05, 0) is 61.2 Å². The van der Waals surface area contributed by atoms with Crippen molar-refractivity contribution >= 4 is 17.9 Å². The van der Waals surface area contributed by atoms with Gasteiger partial charge in [-0.3, -0.25) is 4.79 Å². The Kier molecular flexibility index (Phi) is 3.53. The highest BCUT2D eigenvalue weighted by Crippen LogP contribution is 2.33. The van der Waals surface area contributed by atoms with Crippen LogP contribution in [0.1, 0.15) is 27.0 Å². The van der Waals surface area contributed by atoms with Crippen molar-refractivity contribution in [3.8, 4) is 11.1 Å². The van der Waals surface area contributed by atoms with Crippen LogP contribution in [-0.4, -0.2) is 6.29 Å². The average Bonchev–Trinajstić information content (AvgIpc) is 2.35. The molecule has 2 heteroatoms. The molecule has 0 aliphatic carbocycles. The first-order chi connectivity index (χ1) is 8.52. The lowest BCUT2D eigenvalue weighted by Gasteiger charge is -2.11. The molecule has 0 aliphatic heterocycles. The number of hydrogen-bond acceptors (Lipinski definition) is 1. The number of rotatable bonds is 2. The zero-order valence-electron chi connectivity index (χ0n) is 10.8. The summed E-state index contributed by atoms with van der Waals surface area (Å²) in [7, 11) is 0. The first-order valence-electron chi connectivity index (χ1n) is 5.86. The summed E-state index contributed by atoms with van der Waals surface area (Å²) in [5.74, 6) is 0. The topological polar surface area (TPSA) is 17.1 Å². The van der Waals surface area contributed by atoms with E-state index in [4.69, 9.17) is 11.6 Å². The van der Waals surface area contributed by atoms with Gasteiger partial charge in [-0.1, -0.05) is 23.7 Å². The Labute approximate surface area is 112 Å². The highest BCUT2D eigenvalue weighted by molar-refractivity contribution is 6.33. The van der Waals surface area contributed by atoms with Crippen LogP contribution < -0.4 is 0 Å². The van der Waals surface area contributed by atoms with Gasteiger partial charge in [0.25, 0.3) is 0 Å². The summed E-state index contributed by atoms with van der Waals surface area (Å²) >= 11 is 6.32. The van der Waals surface area contributed by atoms with Gasteiger partial charge in [-0.25, -0.2) is 0 Å². The molecule has 2 aromatic rings. The van der Waals surface area contributed by atoms with Gasteiger partial charge in [-0.2, -0.15) is 0 Å². The molecule has 0 N–H and O–H groups in total. The van der Waals surface area contributed by atoms with Crippen molar-refractivity contribution in [1.29, 1.82) is 0 Å². The van der Waals surface area contributed by atoms with Gasteiger partial charge in [-0.15, -0.1) is 0 Å². The zero-order chi connectivity index (χ0) is 13.3. The molecule has 0 aromatic heterocycles. The molecule has 0 spiro atoms. The second-order valence-corrected chi connectivity index (χ2v) is 5.02. The lowest BCUT2D eigenvalue weighted by molar-refractivity contribution is 0.112. The summed E-state index contributed by atoms with van der Waals surface area (Å²) in [5, 5.41) is 0.726. The molecule has 0 fully saturated rings. The van der Waals surface area contributed by atoms with Crippen molar-refractivity contribution < 1.29 is 4.79 Å². The van der Waals surface area contributed by atoms with Crippen LogP contribution in [0.15, 0.2) is 30.3 Å². The van der Waals surface area contributed by atoms with Crippen LogP contribution in [-0.2, 0) is 0 Å². The van der Waals surface area contributed by atoms with E-state index in [0.717, 1.165) is 28.0 Å². The molecule has 0 bridgehead atoms. The van der Waals surface area contributed by atoms with Crippen LogP contribution in [0.5, 0.6) is 0 Å². The van der Waals surface area contributed by atoms with E-state index in [1.54, 1.807) is 0 Å². The lowest BCUT2D eigenvalue weighted by Crippen LogP contribution is -1.90. The van der Waals surface area contributed by atoms with Crippen molar-refractivity contribution in [2.75, 3.05) is 0 Å². The standard InChI is InChI=1S/C16H15ClO/c1-10-4-5-13(9-18)8-14(10)15-6-11(2)12(3)7-16(15)17/h4-9H,1-3H3.